The van der Waals surface area contributed by atoms with Gasteiger partial charge in [0.05, 0.1) is 17.8 Å². The number of carbonyl (C=O) groups excluding carboxylic acids is 2. The van der Waals surface area contributed by atoms with Gasteiger partial charge in [-0.15, -0.1) is 0 Å². The Labute approximate surface area is 195 Å². The Hall–Kier alpha value is -3.12. The molecule has 0 aliphatic carbocycles. The van der Waals surface area contributed by atoms with Crippen molar-refractivity contribution < 1.29 is 27.3 Å². The molecular formula is C22H23N3O6S2. The summed E-state index contributed by atoms with van der Waals surface area (Å²) in [6, 6.07) is 12.4. The van der Waals surface area contributed by atoms with Crippen LogP contribution in [0.4, 0.5) is 5.69 Å². The number of hydrogen-bond donors (Lipinski definition) is 3. The highest BCUT2D eigenvalue weighted by Crippen LogP contribution is 2.29. The molecule has 0 fully saturated rings. The molecule has 4 N–H and O–H groups in total. The number of anilines is 1. The first kappa shape index (κ1) is 24.5. The van der Waals surface area contributed by atoms with Crippen LogP contribution >= 0.6 is 11.3 Å². The summed E-state index contributed by atoms with van der Waals surface area (Å²) < 4.78 is 37.5. The van der Waals surface area contributed by atoms with E-state index in [0.717, 1.165) is 35.0 Å². The zero-order chi connectivity index (χ0) is 24.0. The minimum Gasteiger partial charge on any atom is -0.397 e. The van der Waals surface area contributed by atoms with E-state index in [2.05, 4.69) is 10.3 Å². The first-order valence-corrected chi connectivity index (χ1v) is 12.3. The average molecular weight is 490 g/mol. The normalized spacial score (nSPS) is 11.2. The van der Waals surface area contributed by atoms with Crippen LogP contribution in [0.3, 0.4) is 0 Å². The number of nitrogens with one attached hydrogen (secondary N) is 1. The molecule has 2 aromatic carbocycles. The van der Waals surface area contributed by atoms with Gasteiger partial charge in [-0.25, -0.2) is 4.98 Å². The maximum Gasteiger partial charge on any atom is 0.327 e. The minimum atomic E-state index is -4.53. The number of aromatic nitrogens is 1. The Morgan fingerprint density at radius 1 is 1.15 bits per heavy atom. The smallest absolute Gasteiger partial charge is 0.327 e. The summed E-state index contributed by atoms with van der Waals surface area (Å²) >= 11 is 1.29. The van der Waals surface area contributed by atoms with Crippen molar-refractivity contribution in [2.75, 3.05) is 11.9 Å². The molecule has 0 aliphatic rings. The predicted octanol–water partition coefficient (Wildman–Crippen LogP) is 3.05. The molecule has 1 heterocycles. The number of hydrogen-bond acceptors (Lipinski definition) is 8. The van der Waals surface area contributed by atoms with E-state index in [1.807, 2.05) is 19.1 Å². The van der Waals surface area contributed by atoms with Crippen LogP contribution in [0.25, 0.3) is 0 Å². The molecule has 0 saturated carbocycles. The van der Waals surface area contributed by atoms with Gasteiger partial charge < -0.3 is 15.8 Å². The number of benzene rings is 2. The number of ether oxygens (including phenoxy) is 1. The molecule has 0 atom stereocenters. The summed E-state index contributed by atoms with van der Waals surface area (Å²) in [7, 11) is -4.53. The van der Waals surface area contributed by atoms with Crippen LogP contribution in [-0.4, -0.2) is 36.4 Å². The highest BCUT2D eigenvalue weighted by molar-refractivity contribution is 7.86. The van der Waals surface area contributed by atoms with Gasteiger partial charge in [-0.1, -0.05) is 48.9 Å². The minimum absolute atomic E-state index is 0.155. The molecule has 33 heavy (non-hydrogen) atoms. The van der Waals surface area contributed by atoms with E-state index >= 15 is 0 Å². The second kappa shape index (κ2) is 10.7. The highest BCUT2D eigenvalue weighted by atomic mass is 32.2. The lowest BCUT2D eigenvalue weighted by atomic mass is 10.1. The summed E-state index contributed by atoms with van der Waals surface area (Å²) in [6.45, 7) is 1.81. The number of rotatable bonds is 9. The number of carbonyl (C=O) groups is 2. The fourth-order valence-corrected chi connectivity index (χ4v) is 4.78. The molecule has 3 rings (SSSR count). The van der Waals surface area contributed by atoms with Gasteiger partial charge in [0.25, 0.3) is 21.2 Å². The zero-order valence-corrected chi connectivity index (χ0v) is 19.4. The Morgan fingerprint density at radius 2 is 1.85 bits per heavy atom. The van der Waals surface area contributed by atoms with Gasteiger partial charge in [-0.05, 0) is 36.2 Å². The molecule has 0 aliphatic heterocycles. The molecule has 0 radical (unpaired) electrons. The first-order valence-electron chi connectivity index (χ1n) is 10.1. The molecular weight excluding hydrogens is 466 g/mol. The molecule has 0 unspecified atom stereocenters. The number of nitrogens with two attached hydrogens (primary N) is 1. The van der Waals surface area contributed by atoms with Crippen LogP contribution in [0.1, 0.15) is 39.8 Å². The van der Waals surface area contributed by atoms with Crippen molar-refractivity contribution in [2.45, 2.75) is 31.1 Å². The highest BCUT2D eigenvalue weighted by Gasteiger charge is 2.20. The molecule has 0 bridgehead atoms. The first-order chi connectivity index (χ1) is 15.7. The summed E-state index contributed by atoms with van der Waals surface area (Å²) in [5, 5.41) is 2.90. The topological polar surface area (TPSA) is 149 Å². The van der Waals surface area contributed by atoms with Crippen LogP contribution < -0.4 is 15.8 Å². The number of amides is 1. The number of esters is 1. The van der Waals surface area contributed by atoms with E-state index in [1.165, 1.54) is 29.5 Å². The van der Waals surface area contributed by atoms with Crippen molar-refractivity contribution in [3.05, 3.63) is 70.2 Å². The molecule has 174 valence electrons. The third kappa shape index (κ3) is 6.45. The summed E-state index contributed by atoms with van der Waals surface area (Å²) in [4.78, 5) is 28.9. The molecule has 11 heteroatoms. The molecule has 0 saturated heterocycles. The van der Waals surface area contributed by atoms with E-state index in [0.29, 0.717) is 12.1 Å². The third-order valence-electron chi connectivity index (χ3n) is 4.60. The Kier molecular flexibility index (Phi) is 7.92. The van der Waals surface area contributed by atoms with Crippen LogP contribution in [0.15, 0.2) is 53.4 Å². The number of nitrogens with zero attached hydrogens (tertiary/aromatic N) is 1. The predicted molar refractivity (Wildman–Crippen MR) is 124 cm³/mol. The lowest BCUT2D eigenvalue weighted by molar-refractivity contribution is -0.132. The molecule has 3 aromatic rings. The summed E-state index contributed by atoms with van der Waals surface area (Å²) in [6.07, 6.45) is 2.19. The van der Waals surface area contributed by atoms with E-state index in [9.17, 15) is 22.6 Å². The standard InChI is InChI=1S/C22H23N3O6S2/c1-2-5-17-18(32-22(25-17)31-20(26)13-23)12-14-8-10-15(11-9-14)24-21(27)16-6-3-4-7-19(16)33(28,29)30/h3-4,6-11H,2,5,12-13,23H2,1H3,(H,24,27)(H,28,29,30). The maximum absolute atomic E-state index is 12.5. The van der Waals surface area contributed by atoms with Crippen LogP contribution in [0, 0.1) is 0 Å². The molecule has 1 aromatic heterocycles. The van der Waals surface area contributed by atoms with Crippen molar-refractivity contribution >= 4 is 39.0 Å². The van der Waals surface area contributed by atoms with Gasteiger partial charge in [-0.3, -0.25) is 14.1 Å². The Morgan fingerprint density at radius 3 is 2.48 bits per heavy atom. The van der Waals surface area contributed by atoms with Gasteiger partial charge in [0, 0.05) is 17.0 Å². The SMILES string of the molecule is CCCc1nc(OC(=O)CN)sc1Cc1ccc(NC(=O)c2ccccc2S(=O)(=O)O)cc1. The van der Waals surface area contributed by atoms with E-state index in [-0.39, 0.29) is 17.3 Å². The van der Waals surface area contributed by atoms with Crippen molar-refractivity contribution in [1.82, 2.24) is 4.98 Å². The van der Waals surface area contributed by atoms with Crippen molar-refractivity contribution in [3.63, 3.8) is 0 Å². The van der Waals surface area contributed by atoms with Crippen molar-refractivity contribution in [3.8, 4) is 5.19 Å². The molecule has 0 spiro atoms. The number of aryl methyl sites for hydroxylation is 1. The Balaban J connectivity index is 1.74. The van der Waals surface area contributed by atoms with Crippen LogP contribution in [-0.2, 0) is 27.8 Å². The van der Waals surface area contributed by atoms with Gasteiger partial charge in [0.1, 0.15) is 4.90 Å². The fraction of sp³-hybridized carbons (Fsp3) is 0.227. The van der Waals surface area contributed by atoms with Gasteiger partial charge in [-0.2, -0.15) is 8.42 Å². The second-order valence-electron chi connectivity index (χ2n) is 7.08. The van der Waals surface area contributed by atoms with Gasteiger partial charge in [0.15, 0.2) is 0 Å². The summed E-state index contributed by atoms with van der Waals surface area (Å²) in [5.74, 6) is -1.20. The van der Waals surface area contributed by atoms with Crippen LogP contribution in [0.5, 0.6) is 5.19 Å². The van der Waals surface area contributed by atoms with Crippen molar-refractivity contribution in [1.29, 1.82) is 0 Å². The largest absolute Gasteiger partial charge is 0.397 e. The van der Waals surface area contributed by atoms with Gasteiger partial charge >= 0.3 is 5.97 Å². The maximum atomic E-state index is 12.5. The zero-order valence-electron chi connectivity index (χ0n) is 17.8. The molecule has 9 nitrogen and oxygen atoms in total. The Bertz CT molecular complexity index is 1250. The molecule has 1 amide bonds. The quantitative estimate of drug-likeness (QED) is 0.307. The van der Waals surface area contributed by atoms with E-state index < -0.39 is 26.9 Å². The monoisotopic (exact) mass is 489 g/mol. The summed E-state index contributed by atoms with van der Waals surface area (Å²) in [5.41, 5.74) is 7.41. The lowest BCUT2D eigenvalue weighted by Gasteiger charge is -2.09. The van der Waals surface area contributed by atoms with E-state index in [4.69, 9.17) is 10.5 Å². The van der Waals surface area contributed by atoms with Crippen LogP contribution in [0.2, 0.25) is 0 Å². The fourth-order valence-electron chi connectivity index (χ4n) is 3.08. The average Bonchev–Trinajstić information content (AvgIpc) is 3.15. The van der Waals surface area contributed by atoms with Gasteiger partial charge in [0.2, 0.25) is 0 Å². The lowest BCUT2D eigenvalue weighted by Crippen LogP contribution is -2.19. The number of thiazole rings is 1. The van der Waals surface area contributed by atoms with E-state index in [1.54, 1.807) is 12.1 Å². The second-order valence-corrected chi connectivity index (χ2v) is 9.51. The van der Waals surface area contributed by atoms with Crippen molar-refractivity contribution in [2.24, 2.45) is 5.73 Å². The third-order valence-corrected chi connectivity index (χ3v) is 6.49.